The van der Waals surface area contributed by atoms with Crippen LogP contribution in [-0.4, -0.2) is 65.0 Å². The molecule has 4 aromatic carbocycles. The molecular weight excluding hydrogens is 578 g/mol. The van der Waals surface area contributed by atoms with Gasteiger partial charge in [0.1, 0.15) is 0 Å². The van der Waals surface area contributed by atoms with Crippen molar-refractivity contribution in [2.75, 3.05) is 0 Å². The zero-order valence-corrected chi connectivity index (χ0v) is 28.7. The molecule has 0 spiro atoms. The lowest BCUT2D eigenvalue weighted by molar-refractivity contribution is -0.0982. The maximum absolute atomic E-state index is 11.3. The minimum absolute atomic E-state index is 0.569. The molecule has 236 valence electrons. The van der Waals surface area contributed by atoms with E-state index in [1.165, 1.54) is 0 Å². The van der Waals surface area contributed by atoms with Gasteiger partial charge in [0.2, 0.25) is 0 Å². The summed E-state index contributed by atoms with van der Waals surface area (Å²) in [6.45, 7) is 13.7. The lowest BCUT2D eigenvalue weighted by atomic mass is 9.76. The largest absolute Gasteiger partial charge is 0.491 e. The molecule has 0 aliphatic carbocycles. The molecule has 4 rings (SSSR count). The van der Waals surface area contributed by atoms with Crippen LogP contribution in [0, 0.1) is 0 Å². The van der Waals surface area contributed by atoms with Gasteiger partial charge in [-0.1, -0.05) is 109 Å². The predicted octanol–water partition coefficient (Wildman–Crippen LogP) is 1.57. The summed E-state index contributed by atoms with van der Waals surface area (Å²) in [7, 11) is -5.64. The molecule has 0 atom stereocenters. The van der Waals surface area contributed by atoms with Crippen molar-refractivity contribution in [1.82, 2.24) is 0 Å². The Morgan fingerprint density at radius 1 is 0.467 bits per heavy atom. The minimum Gasteiger partial charge on any atom is -0.423 e. The first kappa shape index (κ1) is 34.9. The zero-order valence-electron chi connectivity index (χ0n) is 27.7. The highest BCUT2D eigenvalue weighted by molar-refractivity contribution is 7.20. The monoisotopic (exact) mass is 624 g/mol. The third-order valence-corrected chi connectivity index (χ3v) is 14.1. The highest BCUT2D eigenvalue weighted by Gasteiger charge is 2.44. The summed E-state index contributed by atoms with van der Waals surface area (Å²) in [6.07, 6.45) is 0. The minimum atomic E-state index is -3.08. The first-order valence-electron chi connectivity index (χ1n) is 15.4. The van der Waals surface area contributed by atoms with Crippen molar-refractivity contribution in [3.05, 3.63) is 109 Å². The molecule has 6 nitrogen and oxygen atoms in total. The van der Waals surface area contributed by atoms with Crippen LogP contribution >= 0.6 is 0 Å². The Bertz CT molecular complexity index is 1450. The second-order valence-electron chi connectivity index (χ2n) is 13.8. The van der Waals surface area contributed by atoms with Gasteiger partial charge in [-0.3, -0.25) is 0 Å². The van der Waals surface area contributed by atoms with Gasteiger partial charge >= 0.3 is 14.2 Å². The Morgan fingerprint density at radius 2 is 0.778 bits per heavy atom. The van der Waals surface area contributed by atoms with Gasteiger partial charge in [-0.25, -0.2) is 0 Å². The Kier molecular flexibility index (Phi) is 10.1. The number of benzene rings is 4. The average molecular weight is 624 g/mol. The third-order valence-electron chi connectivity index (χ3n) is 9.38. The molecule has 0 aliphatic rings. The summed E-state index contributed by atoms with van der Waals surface area (Å²) in [4.78, 5) is 0. The van der Waals surface area contributed by atoms with Gasteiger partial charge < -0.3 is 29.6 Å². The smallest absolute Gasteiger partial charge is 0.423 e. The van der Waals surface area contributed by atoms with Crippen molar-refractivity contribution < 1.29 is 29.6 Å². The van der Waals surface area contributed by atoms with Gasteiger partial charge in [-0.2, -0.15) is 0 Å². The van der Waals surface area contributed by atoms with Crippen LogP contribution in [0.1, 0.15) is 55.4 Å². The van der Waals surface area contributed by atoms with Crippen LogP contribution in [-0.2, 0) is 9.31 Å². The first-order chi connectivity index (χ1) is 20.9. The first-order valence-corrected chi connectivity index (χ1v) is 17.4. The normalized spacial score (nSPS) is 13.1. The average Bonchev–Trinajstić information content (AvgIpc) is 2.97. The van der Waals surface area contributed by atoms with Crippen molar-refractivity contribution >= 4 is 54.0 Å². The lowest BCUT2D eigenvalue weighted by Crippen LogP contribution is -2.75. The standard InChI is InChI=1S/C36H46B2O6Si/c1-33(2,39)35(5,6)43-37(41)27-17-15-23-31(25-27)45(29-19-11-9-12-20-29,30-21-13-10-14-22-30)32-24-16-18-28(26-32)38(42)44-36(7,8)34(3,4)40/h9-26,39-42H,1-8H3. The zero-order chi connectivity index (χ0) is 33.3. The molecule has 0 aliphatic heterocycles. The van der Waals surface area contributed by atoms with Crippen molar-refractivity contribution in [1.29, 1.82) is 0 Å². The topological polar surface area (TPSA) is 99.4 Å². The van der Waals surface area contributed by atoms with Gasteiger partial charge in [-0.15, -0.1) is 0 Å². The number of hydrogen-bond acceptors (Lipinski definition) is 6. The van der Waals surface area contributed by atoms with Gasteiger partial charge in [0.25, 0.3) is 0 Å². The molecule has 0 aromatic heterocycles. The van der Waals surface area contributed by atoms with E-state index < -0.39 is 44.7 Å². The summed E-state index contributed by atoms with van der Waals surface area (Å²) >= 11 is 0. The highest BCUT2D eigenvalue weighted by Crippen LogP contribution is 2.26. The Hall–Kier alpha value is -3.01. The van der Waals surface area contributed by atoms with E-state index in [0.29, 0.717) is 10.9 Å². The van der Waals surface area contributed by atoms with E-state index in [9.17, 15) is 20.3 Å². The second kappa shape index (κ2) is 13.0. The molecule has 0 bridgehead atoms. The molecule has 4 aromatic rings. The maximum atomic E-state index is 11.3. The molecule has 0 saturated heterocycles. The molecule has 0 unspecified atom stereocenters. The molecular formula is C36H46B2O6Si. The molecule has 9 heteroatoms. The summed E-state index contributed by atoms with van der Waals surface area (Å²) in [5, 5.41) is 48.3. The van der Waals surface area contributed by atoms with Crippen LogP contribution in [0.3, 0.4) is 0 Å². The summed E-state index contributed by atoms with van der Waals surface area (Å²) < 4.78 is 12.1. The lowest BCUT2D eigenvalue weighted by Gasteiger charge is -2.39. The van der Waals surface area contributed by atoms with Crippen LogP contribution in [0.4, 0.5) is 0 Å². The third kappa shape index (κ3) is 7.21. The van der Waals surface area contributed by atoms with Crippen LogP contribution in [0.25, 0.3) is 0 Å². The summed E-state index contributed by atoms with van der Waals surface area (Å²) in [5.74, 6) is 0. The SMILES string of the molecule is CC(C)(O)C(C)(C)OB(O)c1cccc([Si](c2ccccc2)(c2ccccc2)c2cccc(B(O)OC(C)(C)C(C)(C)O)c2)c1. The van der Waals surface area contributed by atoms with E-state index in [1.807, 2.05) is 72.8 Å². The molecule has 0 amide bonds. The molecule has 4 N–H and O–H groups in total. The predicted molar refractivity (Wildman–Crippen MR) is 188 cm³/mol. The Morgan fingerprint density at radius 3 is 1.09 bits per heavy atom. The quantitative estimate of drug-likeness (QED) is 0.141. The van der Waals surface area contributed by atoms with Crippen LogP contribution in [0.15, 0.2) is 109 Å². The molecule has 0 fully saturated rings. The van der Waals surface area contributed by atoms with Crippen LogP contribution < -0.4 is 31.7 Å². The molecule has 0 saturated carbocycles. The Balaban J connectivity index is 1.95. The number of rotatable bonds is 12. The number of aliphatic hydroxyl groups is 2. The van der Waals surface area contributed by atoms with Crippen molar-refractivity contribution in [2.24, 2.45) is 0 Å². The van der Waals surface area contributed by atoms with Crippen molar-refractivity contribution in [3.63, 3.8) is 0 Å². The van der Waals surface area contributed by atoms with E-state index in [1.54, 1.807) is 55.4 Å². The van der Waals surface area contributed by atoms with Gasteiger partial charge in [0.15, 0.2) is 8.07 Å². The van der Waals surface area contributed by atoms with E-state index in [2.05, 4.69) is 36.4 Å². The molecule has 0 radical (unpaired) electrons. The van der Waals surface area contributed by atoms with Crippen LogP contribution in [0.5, 0.6) is 0 Å². The molecule has 45 heavy (non-hydrogen) atoms. The summed E-state index contributed by atoms with van der Waals surface area (Å²) in [5.41, 5.74) is -3.31. The maximum Gasteiger partial charge on any atom is 0.491 e. The van der Waals surface area contributed by atoms with E-state index in [0.717, 1.165) is 20.7 Å². The number of hydrogen-bond donors (Lipinski definition) is 4. The fourth-order valence-corrected chi connectivity index (χ4v) is 10.1. The van der Waals surface area contributed by atoms with Crippen LogP contribution in [0.2, 0.25) is 0 Å². The molecule has 0 heterocycles. The highest BCUT2D eigenvalue weighted by atomic mass is 28.3. The Labute approximate surface area is 270 Å². The van der Waals surface area contributed by atoms with Crippen molar-refractivity contribution in [3.8, 4) is 0 Å². The van der Waals surface area contributed by atoms with E-state index in [-0.39, 0.29) is 0 Å². The van der Waals surface area contributed by atoms with Gasteiger partial charge in [0.05, 0.1) is 22.4 Å². The van der Waals surface area contributed by atoms with Gasteiger partial charge in [0, 0.05) is 0 Å². The summed E-state index contributed by atoms with van der Waals surface area (Å²) in [6, 6.07) is 36.3. The van der Waals surface area contributed by atoms with E-state index >= 15 is 0 Å². The van der Waals surface area contributed by atoms with E-state index in [4.69, 9.17) is 9.31 Å². The van der Waals surface area contributed by atoms with Gasteiger partial charge in [-0.05, 0) is 87.1 Å². The van der Waals surface area contributed by atoms with Crippen molar-refractivity contribution in [2.45, 2.75) is 77.8 Å². The fraction of sp³-hybridized carbons (Fsp3) is 0.333. The fourth-order valence-electron chi connectivity index (χ4n) is 5.21. The second-order valence-corrected chi connectivity index (χ2v) is 17.6.